The Morgan fingerprint density at radius 1 is 1.47 bits per heavy atom. The smallest absolute Gasteiger partial charge is 0.179 e. The van der Waals surface area contributed by atoms with Gasteiger partial charge in [0, 0.05) is 16.8 Å². The fourth-order valence-electron chi connectivity index (χ4n) is 1.42. The molecular formula is C13H11ClN2O2S. The Kier molecular flexibility index (Phi) is 4.65. The Morgan fingerprint density at radius 2 is 2.21 bits per heavy atom. The maximum absolute atomic E-state index is 11.8. The molecule has 1 aromatic carbocycles. The van der Waals surface area contributed by atoms with Crippen molar-refractivity contribution in [2.24, 2.45) is 5.16 Å². The van der Waals surface area contributed by atoms with Crippen LogP contribution in [-0.4, -0.2) is 24.1 Å². The minimum Gasteiger partial charge on any atom is -0.399 e. The summed E-state index contributed by atoms with van der Waals surface area (Å²) < 4.78 is 0. The van der Waals surface area contributed by atoms with Crippen molar-refractivity contribution in [3.8, 4) is 10.6 Å². The molecule has 0 atom stereocenters. The number of benzene rings is 1. The number of thiazole rings is 1. The van der Waals surface area contributed by atoms with E-state index in [1.165, 1.54) is 24.7 Å². The average Bonchev–Trinajstić information content (AvgIpc) is 2.89. The first-order valence-electron chi connectivity index (χ1n) is 5.50. The Hall–Kier alpha value is -1.72. The van der Waals surface area contributed by atoms with Gasteiger partial charge in [0.2, 0.25) is 0 Å². The Labute approximate surface area is 119 Å². The molecule has 0 amide bonds. The first-order valence-corrected chi connectivity index (χ1v) is 6.70. The fraction of sp³-hybridized carbons (Fsp3) is 0.154. The molecule has 2 rings (SSSR count). The summed E-state index contributed by atoms with van der Waals surface area (Å²) in [7, 11) is 1.44. The van der Waals surface area contributed by atoms with Gasteiger partial charge in [-0.3, -0.25) is 4.79 Å². The lowest BCUT2D eigenvalue weighted by molar-refractivity contribution is 0.100. The lowest BCUT2D eigenvalue weighted by atomic mass is 10.2. The number of nitrogens with zero attached hydrogens (tertiary/aromatic N) is 2. The summed E-state index contributed by atoms with van der Waals surface area (Å²) in [5.41, 5.74) is 0.944. The highest BCUT2D eigenvalue weighted by Crippen LogP contribution is 2.26. The van der Waals surface area contributed by atoms with Crippen molar-refractivity contribution in [1.29, 1.82) is 0 Å². The van der Waals surface area contributed by atoms with Gasteiger partial charge in [-0.25, -0.2) is 4.98 Å². The zero-order chi connectivity index (χ0) is 13.7. The molecule has 4 nitrogen and oxygen atoms in total. The molecule has 19 heavy (non-hydrogen) atoms. The molecule has 0 spiro atoms. The summed E-state index contributed by atoms with van der Waals surface area (Å²) in [6.07, 6.45) is 3.22. The van der Waals surface area contributed by atoms with E-state index in [-0.39, 0.29) is 12.2 Å². The van der Waals surface area contributed by atoms with Crippen LogP contribution >= 0.6 is 22.9 Å². The second kappa shape index (κ2) is 6.45. The summed E-state index contributed by atoms with van der Waals surface area (Å²) in [5, 5.41) is 5.00. The van der Waals surface area contributed by atoms with E-state index in [9.17, 15) is 4.79 Å². The van der Waals surface area contributed by atoms with Crippen molar-refractivity contribution in [2.75, 3.05) is 7.11 Å². The van der Waals surface area contributed by atoms with Gasteiger partial charge >= 0.3 is 0 Å². The fourth-order valence-corrected chi connectivity index (χ4v) is 2.42. The molecule has 1 aromatic heterocycles. The molecule has 0 bridgehead atoms. The number of hydrogen-bond donors (Lipinski definition) is 0. The van der Waals surface area contributed by atoms with Crippen molar-refractivity contribution in [1.82, 2.24) is 4.98 Å². The predicted molar refractivity (Wildman–Crippen MR) is 77.0 cm³/mol. The number of carbonyl (C=O) groups is 1. The quantitative estimate of drug-likeness (QED) is 0.480. The summed E-state index contributed by atoms with van der Waals surface area (Å²) in [6, 6.07) is 7.35. The maximum Gasteiger partial charge on any atom is 0.179 e. The van der Waals surface area contributed by atoms with E-state index in [2.05, 4.69) is 15.0 Å². The molecule has 0 aliphatic heterocycles. The molecule has 0 N–H and O–H groups in total. The number of carbonyl (C=O) groups excluding carboxylic acids is 1. The lowest BCUT2D eigenvalue weighted by Crippen LogP contribution is -1.96. The van der Waals surface area contributed by atoms with Crippen molar-refractivity contribution in [3.05, 3.63) is 40.4 Å². The standard InChI is InChI=1S/C13H11ClN2O2S/c1-18-16-7-6-11(17)12-8-15-13(19-12)9-2-4-10(14)5-3-9/h2-5,7-8H,6H2,1H3/b16-7-. The van der Waals surface area contributed by atoms with Gasteiger partial charge < -0.3 is 4.84 Å². The van der Waals surface area contributed by atoms with Gasteiger partial charge in [0.05, 0.1) is 17.5 Å². The first kappa shape index (κ1) is 13.7. The molecule has 0 radical (unpaired) electrons. The number of Topliss-reactive ketones (excluding diaryl/α,β-unsaturated/α-hetero) is 1. The normalized spacial score (nSPS) is 10.8. The van der Waals surface area contributed by atoms with Gasteiger partial charge in [0.15, 0.2) is 5.78 Å². The minimum atomic E-state index is -0.0292. The number of halogens is 1. The van der Waals surface area contributed by atoms with Crippen LogP contribution in [0.15, 0.2) is 35.6 Å². The topological polar surface area (TPSA) is 51.5 Å². The van der Waals surface area contributed by atoms with Gasteiger partial charge in [-0.1, -0.05) is 28.9 Å². The molecule has 0 fully saturated rings. The van der Waals surface area contributed by atoms with Gasteiger partial charge in [-0.15, -0.1) is 11.3 Å². The summed E-state index contributed by atoms with van der Waals surface area (Å²) in [5.74, 6) is -0.0292. The molecule has 98 valence electrons. The van der Waals surface area contributed by atoms with Crippen molar-refractivity contribution in [2.45, 2.75) is 6.42 Å². The number of aromatic nitrogens is 1. The molecular weight excluding hydrogens is 284 g/mol. The average molecular weight is 295 g/mol. The number of oxime groups is 1. The summed E-state index contributed by atoms with van der Waals surface area (Å²) in [6.45, 7) is 0. The van der Waals surface area contributed by atoms with Crippen LogP contribution in [0.1, 0.15) is 16.1 Å². The number of ketones is 1. The second-order valence-corrected chi connectivity index (χ2v) is 5.10. The van der Waals surface area contributed by atoms with E-state index in [4.69, 9.17) is 11.6 Å². The van der Waals surface area contributed by atoms with E-state index in [0.29, 0.717) is 9.90 Å². The minimum absolute atomic E-state index is 0.0292. The Balaban J connectivity index is 2.12. The van der Waals surface area contributed by atoms with E-state index >= 15 is 0 Å². The molecule has 0 aliphatic carbocycles. The zero-order valence-corrected chi connectivity index (χ0v) is 11.7. The van der Waals surface area contributed by atoms with Crippen LogP contribution in [-0.2, 0) is 4.84 Å². The Morgan fingerprint density at radius 3 is 2.89 bits per heavy atom. The van der Waals surface area contributed by atoms with Crippen LogP contribution in [0.3, 0.4) is 0 Å². The second-order valence-electron chi connectivity index (χ2n) is 3.63. The van der Waals surface area contributed by atoms with E-state index in [1.54, 1.807) is 18.3 Å². The van der Waals surface area contributed by atoms with Crippen LogP contribution in [0, 0.1) is 0 Å². The van der Waals surface area contributed by atoms with Gasteiger partial charge in [0.25, 0.3) is 0 Å². The largest absolute Gasteiger partial charge is 0.399 e. The number of rotatable bonds is 5. The first-order chi connectivity index (χ1) is 9.20. The third-order valence-electron chi connectivity index (χ3n) is 2.33. The monoisotopic (exact) mass is 294 g/mol. The molecule has 2 aromatic rings. The third kappa shape index (κ3) is 3.62. The van der Waals surface area contributed by atoms with Crippen molar-refractivity contribution >= 4 is 34.9 Å². The SMILES string of the molecule is CO/N=C\CC(=O)c1cnc(-c2ccc(Cl)cc2)s1. The lowest BCUT2D eigenvalue weighted by Gasteiger charge is -1.95. The highest BCUT2D eigenvalue weighted by molar-refractivity contribution is 7.17. The third-order valence-corrected chi connectivity index (χ3v) is 3.67. The van der Waals surface area contributed by atoms with Gasteiger partial charge in [-0.2, -0.15) is 0 Å². The van der Waals surface area contributed by atoms with Gasteiger partial charge in [-0.05, 0) is 12.1 Å². The Bertz CT molecular complexity index is 593. The van der Waals surface area contributed by atoms with Crippen LogP contribution in [0.25, 0.3) is 10.6 Å². The van der Waals surface area contributed by atoms with Crippen molar-refractivity contribution in [3.63, 3.8) is 0 Å². The molecule has 0 aliphatic rings. The zero-order valence-electron chi connectivity index (χ0n) is 10.2. The van der Waals surface area contributed by atoms with E-state index < -0.39 is 0 Å². The number of hydrogen-bond acceptors (Lipinski definition) is 5. The van der Waals surface area contributed by atoms with E-state index in [1.807, 2.05) is 12.1 Å². The summed E-state index contributed by atoms with van der Waals surface area (Å²) >= 11 is 7.18. The van der Waals surface area contributed by atoms with Crippen LogP contribution in [0.4, 0.5) is 0 Å². The van der Waals surface area contributed by atoms with E-state index in [0.717, 1.165) is 10.6 Å². The predicted octanol–water partition coefficient (Wildman–Crippen LogP) is 3.67. The van der Waals surface area contributed by atoms with Crippen LogP contribution < -0.4 is 0 Å². The molecule has 0 unspecified atom stereocenters. The van der Waals surface area contributed by atoms with Gasteiger partial charge in [0.1, 0.15) is 12.1 Å². The van der Waals surface area contributed by atoms with Crippen LogP contribution in [0.5, 0.6) is 0 Å². The molecule has 0 saturated heterocycles. The highest BCUT2D eigenvalue weighted by Gasteiger charge is 2.10. The molecule has 6 heteroatoms. The highest BCUT2D eigenvalue weighted by atomic mass is 35.5. The molecule has 0 saturated carbocycles. The summed E-state index contributed by atoms with van der Waals surface area (Å²) in [4.78, 5) is 21.2. The molecule has 1 heterocycles. The van der Waals surface area contributed by atoms with Crippen LogP contribution in [0.2, 0.25) is 5.02 Å². The maximum atomic E-state index is 11.8. The van der Waals surface area contributed by atoms with Crippen molar-refractivity contribution < 1.29 is 9.63 Å².